The zero-order valence-electron chi connectivity index (χ0n) is 7.45. The Bertz CT molecular complexity index is 428. The van der Waals surface area contributed by atoms with Crippen LogP contribution in [0.4, 0.5) is 11.4 Å². The summed E-state index contributed by atoms with van der Waals surface area (Å²) in [5, 5.41) is 0. The highest BCUT2D eigenvalue weighted by molar-refractivity contribution is 9.10. The molecule has 72 valence electrons. The third-order valence-corrected chi connectivity index (χ3v) is 2.56. The molecule has 0 unspecified atom stereocenters. The van der Waals surface area contributed by atoms with Crippen LogP contribution in [0.2, 0.25) is 0 Å². The molecular weight excluding hydrogens is 252 g/mol. The van der Waals surface area contributed by atoms with Gasteiger partial charge in [0.05, 0.1) is 5.69 Å². The lowest BCUT2D eigenvalue weighted by Crippen LogP contribution is -1.90. The van der Waals surface area contributed by atoms with E-state index in [1.54, 1.807) is 30.7 Å². The van der Waals surface area contributed by atoms with Crippen molar-refractivity contribution in [3.63, 3.8) is 0 Å². The van der Waals surface area contributed by atoms with Gasteiger partial charge in [0.1, 0.15) is 0 Å². The first kappa shape index (κ1) is 10.5. The summed E-state index contributed by atoms with van der Waals surface area (Å²) in [6.45, 7) is 0. The largest absolute Gasteiger partial charge is 0.399 e. The second-order valence-corrected chi connectivity index (χ2v) is 6.38. The Morgan fingerprint density at radius 2 is 2.08 bits per heavy atom. The van der Waals surface area contributed by atoms with Crippen molar-refractivity contribution in [1.29, 1.82) is 0 Å². The Kier molecular flexibility index (Phi) is 2.98. The van der Waals surface area contributed by atoms with Crippen molar-refractivity contribution in [1.82, 2.24) is 0 Å². The van der Waals surface area contributed by atoms with Crippen molar-refractivity contribution < 1.29 is 4.21 Å². The Hall–Kier alpha value is -0.550. The molecule has 0 spiro atoms. The third-order valence-electron chi connectivity index (χ3n) is 1.29. The van der Waals surface area contributed by atoms with E-state index in [0.29, 0.717) is 11.4 Å². The van der Waals surface area contributed by atoms with Crippen molar-refractivity contribution in [3.05, 3.63) is 22.7 Å². The topological polar surface area (TPSA) is 55.5 Å². The predicted molar refractivity (Wildman–Crippen MR) is 60.6 cm³/mol. The van der Waals surface area contributed by atoms with Gasteiger partial charge in [-0.1, -0.05) is 0 Å². The fraction of sp³-hybridized carbons (Fsp3) is 0.250. The zero-order chi connectivity index (χ0) is 10.1. The van der Waals surface area contributed by atoms with Gasteiger partial charge in [0.15, 0.2) is 0 Å². The van der Waals surface area contributed by atoms with Gasteiger partial charge in [0, 0.05) is 32.4 Å². The summed E-state index contributed by atoms with van der Waals surface area (Å²) in [6, 6.07) is 5.21. The summed E-state index contributed by atoms with van der Waals surface area (Å²) in [5.41, 5.74) is 6.88. The average Bonchev–Trinajstić information content (AvgIpc) is 1.93. The number of hydrogen-bond acceptors (Lipinski definition) is 3. The SMILES string of the molecule is CS(C)(=O)=Nc1ccc(N)cc1Br. The van der Waals surface area contributed by atoms with E-state index in [1.807, 2.05) is 0 Å². The number of hydrogen-bond donors (Lipinski definition) is 1. The van der Waals surface area contributed by atoms with Crippen LogP contribution in [-0.4, -0.2) is 16.7 Å². The minimum atomic E-state index is -2.11. The fourth-order valence-electron chi connectivity index (χ4n) is 0.834. The minimum absolute atomic E-state index is 0.657. The number of nitrogen functional groups attached to an aromatic ring is 1. The van der Waals surface area contributed by atoms with E-state index in [0.717, 1.165) is 4.47 Å². The van der Waals surface area contributed by atoms with Crippen LogP contribution in [0.1, 0.15) is 0 Å². The molecule has 0 aliphatic heterocycles. The molecule has 0 radical (unpaired) electrons. The van der Waals surface area contributed by atoms with Crippen LogP contribution in [0.25, 0.3) is 0 Å². The quantitative estimate of drug-likeness (QED) is 0.791. The Morgan fingerprint density at radius 3 is 2.54 bits per heavy atom. The van der Waals surface area contributed by atoms with Crippen molar-refractivity contribution in [2.24, 2.45) is 4.36 Å². The molecule has 1 aromatic carbocycles. The molecule has 0 bridgehead atoms. The summed E-state index contributed by atoms with van der Waals surface area (Å²) in [7, 11) is -2.11. The van der Waals surface area contributed by atoms with Crippen LogP contribution >= 0.6 is 15.9 Å². The van der Waals surface area contributed by atoms with E-state index in [1.165, 1.54) is 0 Å². The molecule has 0 aliphatic carbocycles. The first-order valence-electron chi connectivity index (χ1n) is 3.61. The number of rotatable bonds is 1. The molecule has 0 atom stereocenters. The van der Waals surface area contributed by atoms with E-state index in [2.05, 4.69) is 20.3 Å². The smallest absolute Gasteiger partial charge is 0.0873 e. The molecule has 0 heterocycles. The van der Waals surface area contributed by atoms with Crippen molar-refractivity contribution >= 4 is 37.0 Å². The van der Waals surface area contributed by atoms with Gasteiger partial charge < -0.3 is 5.73 Å². The Morgan fingerprint density at radius 1 is 1.46 bits per heavy atom. The number of nitrogens with zero attached hydrogens (tertiary/aromatic N) is 1. The molecule has 1 rings (SSSR count). The first-order valence-corrected chi connectivity index (χ1v) is 6.73. The van der Waals surface area contributed by atoms with Crippen LogP contribution < -0.4 is 5.73 Å². The molecule has 0 amide bonds. The maximum absolute atomic E-state index is 11.4. The molecule has 0 fully saturated rings. The van der Waals surface area contributed by atoms with E-state index < -0.39 is 9.73 Å². The molecule has 0 saturated heterocycles. The molecule has 1 aromatic rings. The molecule has 2 N–H and O–H groups in total. The van der Waals surface area contributed by atoms with Crippen molar-refractivity contribution in [2.75, 3.05) is 18.2 Å². The summed E-state index contributed by atoms with van der Waals surface area (Å²) < 4.78 is 16.2. The van der Waals surface area contributed by atoms with E-state index in [4.69, 9.17) is 5.73 Å². The van der Waals surface area contributed by atoms with Gasteiger partial charge in [-0.2, -0.15) is 4.36 Å². The molecular formula is C8H11BrN2OS. The molecule has 0 saturated carbocycles. The third kappa shape index (κ3) is 3.36. The van der Waals surface area contributed by atoms with Gasteiger partial charge in [-0.25, -0.2) is 4.21 Å². The van der Waals surface area contributed by atoms with E-state index in [9.17, 15) is 4.21 Å². The van der Waals surface area contributed by atoms with Gasteiger partial charge in [0.25, 0.3) is 0 Å². The van der Waals surface area contributed by atoms with Crippen LogP contribution in [0.5, 0.6) is 0 Å². The lowest BCUT2D eigenvalue weighted by molar-refractivity contribution is 0.684. The van der Waals surface area contributed by atoms with E-state index >= 15 is 0 Å². The minimum Gasteiger partial charge on any atom is -0.399 e. The van der Waals surface area contributed by atoms with Gasteiger partial charge >= 0.3 is 0 Å². The van der Waals surface area contributed by atoms with Crippen molar-refractivity contribution in [2.45, 2.75) is 0 Å². The molecule has 0 aromatic heterocycles. The van der Waals surface area contributed by atoms with Crippen LogP contribution in [0.15, 0.2) is 27.0 Å². The fourth-order valence-corrected chi connectivity index (χ4v) is 2.07. The average molecular weight is 263 g/mol. The van der Waals surface area contributed by atoms with Gasteiger partial charge in [0.2, 0.25) is 0 Å². The highest BCUT2D eigenvalue weighted by atomic mass is 79.9. The predicted octanol–water partition coefficient (Wildman–Crippen LogP) is 2.39. The van der Waals surface area contributed by atoms with Crippen molar-refractivity contribution in [3.8, 4) is 0 Å². The normalized spacial score (nSPS) is 11.3. The molecule has 5 heteroatoms. The summed E-state index contributed by atoms with van der Waals surface area (Å²) >= 11 is 3.30. The number of halogens is 1. The monoisotopic (exact) mass is 262 g/mol. The first-order chi connectivity index (χ1) is 5.88. The highest BCUT2D eigenvalue weighted by Crippen LogP contribution is 2.27. The van der Waals surface area contributed by atoms with E-state index in [-0.39, 0.29) is 0 Å². The van der Waals surface area contributed by atoms with Gasteiger partial charge in [-0.05, 0) is 34.1 Å². The van der Waals surface area contributed by atoms with Gasteiger partial charge in [-0.3, -0.25) is 0 Å². The maximum Gasteiger partial charge on any atom is 0.0873 e. The molecule has 13 heavy (non-hydrogen) atoms. The lowest BCUT2D eigenvalue weighted by Gasteiger charge is -2.00. The standard InChI is InChI=1S/C8H11BrN2OS/c1-13(2,12)11-8-4-3-6(10)5-7(8)9/h3-5H,10H2,1-2H3. The Labute approximate surface area is 86.6 Å². The number of anilines is 1. The summed E-state index contributed by atoms with van der Waals surface area (Å²) in [5.74, 6) is 0. The highest BCUT2D eigenvalue weighted by Gasteiger charge is 1.99. The van der Waals surface area contributed by atoms with Crippen LogP contribution in [-0.2, 0) is 9.73 Å². The Balaban J connectivity index is 3.26. The molecule has 3 nitrogen and oxygen atoms in total. The summed E-state index contributed by atoms with van der Waals surface area (Å²) in [4.78, 5) is 0. The molecule has 0 aliphatic rings. The second kappa shape index (κ2) is 3.67. The second-order valence-electron chi connectivity index (χ2n) is 2.98. The number of benzene rings is 1. The zero-order valence-corrected chi connectivity index (χ0v) is 9.85. The maximum atomic E-state index is 11.4. The van der Waals surface area contributed by atoms with Crippen LogP contribution in [0.3, 0.4) is 0 Å². The van der Waals surface area contributed by atoms with Gasteiger partial charge in [-0.15, -0.1) is 0 Å². The lowest BCUT2D eigenvalue weighted by atomic mass is 10.3. The van der Waals surface area contributed by atoms with Crippen LogP contribution in [0, 0.1) is 0 Å². The summed E-state index contributed by atoms with van der Waals surface area (Å²) in [6.07, 6.45) is 3.19. The number of nitrogens with two attached hydrogens (primary N) is 1.